The summed E-state index contributed by atoms with van der Waals surface area (Å²) >= 11 is 0. The Morgan fingerprint density at radius 1 is 0.538 bits per heavy atom. The van der Waals surface area contributed by atoms with Crippen molar-refractivity contribution in [3.8, 4) is 0 Å². The summed E-state index contributed by atoms with van der Waals surface area (Å²) in [6, 6.07) is 0. The van der Waals surface area contributed by atoms with Gasteiger partial charge in [-0.15, -0.1) is 0 Å². The molecule has 0 atom stereocenters. The molecular weight excluding hydrogens is 192 g/mol. The van der Waals surface area contributed by atoms with Crippen molar-refractivity contribution in [2.24, 2.45) is 0 Å². The van der Waals surface area contributed by atoms with Crippen LogP contribution in [0.4, 0.5) is 0 Å². The van der Waals surface area contributed by atoms with E-state index in [1.165, 1.54) is 24.3 Å². The molecule has 0 saturated heterocycles. The van der Waals surface area contributed by atoms with E-state index in [0.717, 1.165) is 0 Å². The molecule has 0 aliphatic rings. The Kier molecular flexibility index (Phi) is 263. The SMILES string of the molecule is C=C[CH2-].C=C[CH2-].C=C[CH2-].C=C[CH2-].[Ti+4]. The van der Waals surface area contributed by atoms with Crippen LogP contribution in [0.3, 0.4) is 0 Å². The quantitative estimate of drug-likeness (QED) is 0.420. The van der Waals surface area contributed by atoms with Crippen LogP contribution in [0.25, 0.3) is 0 Å². The number of rotatable bonds is 0. The maximum atomic E-state index is 3.25. The third-order valence-electron chi connectivity index (χ3n) is 0. The van der Waals surface area contributed by atoms with Crippen LogP contribution in [-0.4, -0.2) is 0 Å². The molecule has 0 aliphatic carbocycles. The minimum Gasteiger partial charge on any atom is -0.245 e. The van der Waals surface area contributed by atoms with E-state index in [1.807, 2.05) is 0 Å². The molecule has 0 spiro atoms. The summed E-state index contributed by atoms with van der Waals surface area (Å²) in [5.74, 6) is 0. The van der Waals surface area contributed by atoms with Gasteiger partial charge in [-0.2, -0.15) is 0 Å². The van der Waals surface area contributed by atoms with Gasteiger partial charge in [0, 0.05) is 0 Å². The van der Waals surface area contributed by atoms with E-state index in [4.69, 9.17) is 0 Å². The third-order valence-corrected chi connectivity index (χ3v) is 0. The summed E-state index contributed by atoms with van der Waals surface area (Å²) in [5.41, 5.74) is 0. The molecule has 0 saturated carbocycles. The van der Waals surface area contributed by atoms with Gasteiger partial charge in [-0.05, 0) is 0 Å². The first kappa shape index (κ1) is 29.5. The molecule has 0 bridgehead atoms. The van der Waals surface area contributed by atoms with E-state index in [0.29, 0.717) is 0 Å². The van der Waals surface area contributed by atoms with Crippen molar-refractivity contribution in [1.29, 1.82) is 0 Å². The van der Waals surface area contributed by atoms with Crippen LogP contribution >= 0.6 is 0 Å². The number of hydrogen-bond donors (Lipinski definition) is 0. The van der Waals surface area contributed by atoms with Crippen molar-refractivity contribution in [1.82, 2.24) is 0 Å². The van der Waals surface area contributed by atoms with Crippen molar-refractivity contribution in [3.63, 3.8) is 0 Å². The smallest absolute Gasteiger partial charge is 0.245 e. The second-order valence-corrected chi connectivity index (χ2v) is 1.15. The molecule has 0 nitrogen and oxygen atoms in total. The number of allylic oxidation sites excluding steroid dienone is 4. The van der Waals surface area contributed by atoms with Crippen molar-refractivity contribution >= 4 is 0 Å². The van der Waals surface area contributed by atoms with Gasteiger partial charge in [-0.1, -0.05) is 0 Å². The van der Waals surface area contributed by atoms with Crippen molar-refractivity contribution in [2.45, 2.75) is 0 Å². The average Bonchev–Trinajstić information content (AvgIpc) is 1.92. The summed E-state index contributed by atoms with van der Waals surface area (Å²) in [7, 11) is 0. The van der Waals surface area contributed by atoms with E-state index >= 15 is 0 Å². The Bertz CT molecular complexity index is 59.1. The molecule has 72 valence electrons. The molecule has 13 heavy (non-hydrogen) atoms. The van der Waals surface area contributed by atoms with Gasteiger partial charge in [0.15, 0.2) is 0 Å². The molecule has 0 fully saturated rings. The standard InChI is InChI=1S/4C3H5.Ti/c4*1-3-2;/h4*3H,1-2H2;/q4*-1;+4. The van der Waals surface area contributed by atoms with E-state index in [1.54, 1.807) is 0 Å². The maximum Gasteiger partial charge on any atom is 4.00 e. The van der Waals surface area contributed by atoms with Crippen LogP contribution in [0.5, 0.6) is 0 Å². The van der Waals surface area contributed by atoms with Gasteiger partial charge in [0.2, 0.25) is 0 Å². The molecule has 1 heteroatoms. The predicted octanol–water partition coefficient (Wildman–Crippen LogP) is 4.02. The van der Waals surface area contributed by atoms with Crippen molar-refractivity contribution < 1.29 is 21.7 Å². The van der Waals surface area contributed by atoms with Crippen LogP contribution in [0.15, 0.2) is 50.6 Å². The minimum absolute atomic E-state index is 0. The summed E-state index contributed by atoms with van der Waals surface area (Å²) in [4.78, 5) is 0. The molecule has 0 aliphatic heterocycles. The Morgan fingerprint density at radius 3 is 0.538 bits per heavy atom. The Labute approximate surface area is 100 Å². The predicted molar refractivity (Wildman–Crippen MR) is 62.2 cm³/mol. The third kappa shape index (κ3) is 1310. The molecular formula is C12H20Ti. The molecule has 0 aromatic heterocycles. The first-order valence-electron chi connectivity index (χ1n) is 3.27. The van der Waals surface area contributed by atoms with E-state index < -0.39 is 0 Å². The van der Waals surface area contributed by atoms with Gasteiger partial charge < -0.3 is 0 Å². The largest absolute Gasteiger partial charge is 4.00 e. The zero-order chi connectivity index (χ0) is 10.8. The molecule has 0 aromatic rings. The van der Waals surface area contributed by atoms with Gasteiger partial charge >= 0.3 is 21.7 Å². The number of hydrogen-bond acceptors (Lipinski definition) is 0. The van der Waals surface area contributed by atoms with Crippen LogP contribution in [-0.2, 0) is 21.7 Å². The second-order valence-electron chi connectivity index (χ2n) is 1.15. The van der Waals surface area contributed by atoms with Gasteiger partial charge in [-0.25, -0.2) is 78.3 Å². The fourth-order valence-electron chi connectivity index (χ4n) is 0. The molecule has 0 amide bonds. The fourth-order valence-corrected chi connectivity index (χ4v) is 0. The average molecular weight is 212 g/mol. The molecule has 0 N–H and O–H groups in total. The Hall–Kier alpha value is -0.846. The molecule has 0 radical (unpaired) electrons. The summed E-state index contributed by atoms with van der Waals surface area (Å²) < 4.78 is 0. The second kappa shape index (κ2) is 116. The fraction of sp³-hybridized carbons (Fsp3) is 0. The summed E-state index contributed by atoms with van der Waals surface area (Å²) in [6.45, 7) is 26.0. The van der Waals surface area contributed by atoms with Crippen LogP contribution in [0, 0.1) is 27.7 Å². The topological polar surface area (TPSA) is 0 Å². The first-order valence-corrected chi connectivity index (χ1v) is 3.27. The van der Waals surface area contributed by atoms with Gasteiger partial charge in [-0.3, -0.25) is 0 Å². The summed E-state index contributed by atoms with van der Waals surface area (Å²) in [6.07, 6.45) is 6.00. The van der Waals surface area contributed by atoms with E-state index in [9.17, 15) is 0 Å². The minimum atomic E-state index is 0. The molecule has 0 heterocycles. The Balaban J connectivity index is -0.0000000213. The monoisotopic (exact) mass is 212 g/mol. The van der Waals surface area contributed by atoms with Crippen LogP contribution in [0.2, 0.25) is 0 Å². The van der Waals surface area contributed by atoms with Gasteiger partial charge in [0.05, 0.1) is 0 Å². The zero-order valence-electron chi connectivity index (χ0n) is 8.47. The van der Waals surface area contributed by atoms with E-state index in [-0.39, 0.29) is 21.7 Å². The first-order chi connectivity index (χ1) is 5.66. The zero-order valence-corrected chi connectivity index (χ0v) is 10.0. The van der Waals surface area contributed by atoms with Gasteiger partial charge in [0.1, 0.15) is 0 Å². The van der Waals surface area contributed by atoms with Crippen LogP contribution in [0.1, 0.15) is 0 Å². The summed E-state index contributed by atoms with van der Waals surface area (Å²) in [5, 5.41) is 0. The Morgan fingerprint density at radius 2 is 0.538 bits per heavy atom. The molecule has 0 aromatic carbocycles. The van der Waals surface area contributed by atoms with Crippen molar-refractivity contribution in [3.05, 3.63) is 78.3 Å². The van der Waals surface area contributed by atoms with Gasteiger partial charge in [0.25, 0.3) is 0 Å². The van der Waals surface area contributed by atoms with Crippen LogP contribution < -0.4 is 0 Å². The molecule has 0 unspecified atom stereocenters. The maximum absolute atomic E-state index is 3.25. The molecule has 0 rings (SSSR count). The van der Waals surface area contributed by atoms with Crippen molar-refractivity contribution in [2.75, 3.05) is 0 Å². The van der Waals surface area contributed by atoms with E-state index in [2.05, 4.69) is 54.0 Å². The normalized spacial score (nSPS) is 3.69.